The Balaban J connectivity index is 1.76. The molecule has 6 heteroatoms. The molecule has 1 unspecified atom stereocenters. The van der Waals surface area contributed by atoms with E-state index in [4.69, 9.17) is 0 Å². The number of aliphatic hydroxyl groups excluding tert-OH is 1. The highest BCUT2D eigenvalue weighted by molar-refractivity contribution is 7.10. The Morgan fingerprint density at radius 3 is 2.91 bits per heavy atom. The number of hydrogen-bond donors (Lipinski definition) is 3. The van der Waals surface area contributed by atoms with Gasteiger partial charge in [-0.2, -0.15) is 0 Å². The highest BCUT2D eigenvalue weighted by Gasteiger charge is 2.36. The number of hydrogen-bond acceptors (Lipinski definition) is 5. The maximum atomic E-state index is 12.5. The lowest BCUT2D eigenvalue weighted by Crippen LogP contribution is -2.41. The van der Waals surface area contributed by atoms with Crippen molar-refractivity contribution in [3.63, 3.8) is 0 Å². The molecule has 0 radical (unpaired) electrons. The molecule has 3 rings (SSSR count). The minimum Gasteiger partial charge on any atom is -0.393 e. The highest BCUT2D eigenvalue weighted by atomic mass is 32.1. The summed E-state index contributed by atoms with van der Waals surface area (Å²) in [5.41, 5.74) is 0.584. The zero-order valence-corrected chi connectivity index (χ0v) is 13.1. The van der Waals surface area contributed by atoms with E-state index in [-0.39, 0.29) is 18.1 Å². The summed E-state index contributed by atoms with van der Waals surface area (Å²) in [5.74, 6) is 0.848. The molecule has 0 aliphatic heterocycles. The third-order valence-electron chi connectivity index (χ3n) is 4.04. The number of nitrogens with zero attached hydrogens (tertiary/aromatic N) is 1. The molecular weight excluding hydrogens is 298 g/mol. The molecule has 1 atom stereocenters. The van der Waals surface area contributed by atoms with Crippen LogP contribution in [0, 0.1) is 5.92 Å². The minimum absolute atomic E-state index is 0.0397. The highest BCUT2D eigenvalue weighted by Crippen LogP contribution is 2.39. The maximum absolute atomic E-state index is 12.5. The molecule has 0 bridgehead atoms. The van der Waals surface area contributed by atoms with Crippen molar-refractivity contribution in [1.82, 2.24) is 10.3 Å². The predicted octanol–water partition coefficient (Wildman–Crippen LogP) is 2.43. The number of carbonyl (C=O) groups excluding carboxylic acids is 1. The van der Waals surface area contributed by atoms with Gasteiger partial charge in [0.15, 0.2) is 0 Å². The van der Waals surface area contributed by atoms with E-state index in [9.17, 15) is 9.90 Å². The Bertz CT molecular complexity index is 639. The van der Waals surface area contributed by atoms with Crippen molar-refractivity contribution >= 4 is 23.1 Å². The first-order valence-electron chi connectivity index (χ1n) is 7.33. The van der Waals surface area contributed by atoms with Crippen LogP contribution in [0.4, 0.5) is 5.82 Å². The van der Waals surface area contributed by atoms with E-state index in [0.29, 0.717) is 17.3 Å². The van der Waals surface area contributed by atoms with Crippen LogP contribution < -0.4 is 10.6 Å². The number of pyridine rings is 1. The lowest BCUT2D eigenvalue weighted by atomic mass is 9.76. The van der Waals surface area contributed by atoms with E-state index in [1.165, 1.54) is 0 Å². The van der Waals surface area contributed by atoms with Gasteiger partial charge in [0, 0.05) is 23.7 Å². The number of nitrogens with one attached hydrogen (secondary N) is 2. The zero-order valence-electron chi connectivity index (χ0n) is 12.3. The van der Waals surface area contributed by atoms with Crippen LogP contribution in [0.3, 0.4) is 0 Å². The molecule has 0 spiro atoms. The van der Waals surface area contributed by atoms with Crippen LogP contribution in [0.1, 0.15) is 34.1 Å². The lowest BCUT2D eigenvalue weighted by Gasteiger charge is -2.37. The first-order chi connectivity index (χ1) is 10.7. The van der Waals surface area contributed by atoms with Gasteiger partial charge < -0.3 is 15.7 Å². The van der Waals surface area contributed by atoms with E-state index in [0.717, 1.165) is 17.7 Å². The van der Waals surface area contributed by atoms with Gasteiger partial charge in [0.25, 0.3) is 5.91 Å². The minimum atomic E-state index is -0.235. The summed E-state index contributed by atoms with van der Waals surface area (Å²) in [4.78, 5) is 17.8. The van der Waals surface area contributed by atoms with Gasteiger partial charge >= 0.3 is 0 Å². The first kappa shape index (κ1) is 15.0. The predicted molar refractivity (Wildman–Crippen MR) is 87.0 cm³/mol. The monoisotopic (exact) mass is 317 g/mol. The second kappa shape index (κ2) is 6.46. The number of anilines is 1. The van der Waals surface area contributed by atoms with Gasteiger partial charge in [-0.25, -0.2) is 4.98 Å². The van der Waals surface area contributed by atoms with Crippen LogP contribution in [0.15, 0.2) is 35.8 Å². The lowest BCUT2D eigenvalue weighted by molar-refractivity contribution is 0.0241. The van der Waals surface area contributed by atoms with Crippen molar-refractivity contribution in [3.05, 3.63) is 46.3 Å². The molecule has 2 aromatic heterocycles. The first-order valence-corrected chi connectivity index (χ1v) is 8.21. The number of rotatable bonds is 5. The van der Waals surface area contributed by atoms with Crippen molar-refractivity contribution in [2.45, 2.75) is 25.0 Å². The van der Waals surface area contributed by atoms with Gasteiger partial charge in [0.2, 0.25) is 0 Å². The van der Waals surface area contributed by atoms with Crippen molar-refractivity contribution in [1.29, 1.82) is 0 Å². The number of carbonyl (C=O) groups is 1. The summed E-state index contributed by atoms with van der Waals surface area (Å²) in [6.07, 6.45) is 2.86. The van der Waals surface area contributed by atoms with Crippen LogP contribution in [0.2, 0.25) is 0 Å². The Morgan fingerprint density at radius 2 is 2.27 bits per heavy atom. The number of thiophene rings is 1. The summed E-state index contributed by atoms with van der Waals surface area (Å²) in [7, 11) is 1.77. The Kier molecular flexibility index (Phi) is 4.40. The quantitative estimate of drug-likeness (QED) is 0.792. The molecule has 22 heavy (non-hydrogen) atoms. The van der Waals surface area contributed by atoms with E-state index >= 15 is 0 Å². The molecule has 1 amide bonds. The number of aromatic nitrogens is 1. The van der Waals surface area contributed by atoms with Crippen molar-refractivity contribution < 1.29 is 9.90 Å². The summed E-state index contributed by atoms with van der Waals surface area (Å²) in [5, 5.41) is 17.6. The molecular formula is C16H19N3O2S. The van der Waals surface area contributed by atoms with Gasteiger partial charge in [-0.1, -0.05) is 6.07 Å². The fourth-order valence-corrected chi connectivity index (χ4v) is 3.59. The molecule has 1 saturated carbocycles. The number of aliphatic hydroxyl groups is 1. The molecule has 1 aliphatic carbocycles. The molecule has 0 saturated heterocycles. The maximum Gasteiger partial charge on any atom is 0.251 e. The van der Waals surface area contributed by atoms with Crippen LogP contribution in [-0.2, 0) is 0 Å². The zero-order chi connectivity index (χ0) is 15.5. The van der Waals surface area contributed by atoms with Crippen molar-refractivity contribution in [2.24, 2.45) is 5.92 Å². The number of amides is 1. The smallest absolute Gasteiger partial charge is 0.251 e. The molecule has 0 aromatic carbocycles. The average molecular weight is 317 g/mol. The van der Waals surface area contributed by atoms with Crippen molar-refractivity contribution in [2.75, 3.05) is 12.4 Å². The Labute approximate surface area is 133 Å². The standard InChI is InChI=1S/C16H19N3O2S/c1-17-14-9-10(4-5-18-14)16(21)19-15(11-7-12(20)8-11)13-3-2-6-22-13/h2-6,9,11-12,15,20H,7-8H2,1H3,(H,17,18)(H,19,21). The van der Waals surface area contributed by atoms with E-state index in [1.54, 1.807) is 36.7 Å². The molecule has 3 N–H and O–H groups in total. The fourth-order valence-electron chi connectivity index (χ4n) is 2.72. The van der Waals surface area contributed by atoms with Gasteiger partial charge in [0.1, 0.15) is 5.82 Å². The van der Waals surface area contributed by atoms with Crippen LogP contribution in [-0.4, -0.2) is 29.1 Å². The van der Waals surface area contributed by atoms with Crippen LogP contribution in [0.25, 0.3) is 0 Å². The van der Waals surface area contributed by atoms with Gasteiger partial charge in [0.05, 0.1) is 12.1 Å². The summed E-state index contributed by atoms with van der Waals surface area (Å²) in [6, 6.07) is 7.42. The van der Waals surface area contributed by atoms with E-state index in [1.807, 2.05) is 17.5 Å². The third-order valence-corrected chi connectivity index (χ3v) is 4.99. The molecule has 2 aromatic rings. The second-order valence-electron chi connectivity index (χ2n) is 5.53. The van der Waals surface area contributed by atoms with Gasteiger partial charge in [-0.05, 0) is 42.3 Å². The van der Waals surface area contributed by atoms with Crippen LogP contribution in [0.5, 0.6) is 0 Å². The SMILES string of the molecule is CNc1cc(C(=O)NC(c2cccs2)C2CC(O)C2)ccn1. The van der Waals surface area contributed by atoms with E-state index < -0.39 is 0 Å². The summed E-state index contributed by atoms with van der Waals surface area (Å²) >= 11 is 1.63. The Hall–Kier alpha value is -1.92. The second-order valence-corrected chi connectivity index (χ2v) is 6.51. The van der Waals surface area contributed by atoms with Gasteiger partial charge in [-0.3, -0.25) is 4.79 Å². The largest absolute Gasteiger partial charge is 0.393 e. The van der Waals surface area contributed by atoms with Crippen molar-refractivity contribution in [3.8, 4) is 0 Å². The molecule has 116 valence electrons. The molecule has 2 heterocycles. The molecule has 1 fully saturated rings. The van der Waals surface area contributed by atoms with Gasteiger partial charge in [-0.15, -0.1) is 11.3 Å². The average Bonchev–Trinajstić information content (AvgIpc) is 3.04. The van der Waals surface area contributed by atoms with E-state index in [2.05, 4.69) is 15.6 Å². The molecule has 5 nitrogen and oxygen atoms in total. The Morgan fingerprint density at radius 1 is 1.45 bits per heavy atom. The third kappa shape index (κ3) is 3.13. The van der Waals surface area contributed by atoms with Crippen LogP contribution >= 0.6 is 11.3 Å². The topological polar surface area (TPSA) is 74.2 Å². The summed E-state index contributed by atoms with van der Waals surface area (Å²) in [6.45, 7) is 0. The summed E-state index contributed by atoms with van der Waals surface area (Å²) < 4.78 is 0. The normalized spacial score (nSPS) is 21.7. The fraction of sp³-hybridized carbons (Fsp3) is 0.375. The molecule has 1 aliphatic rings.